The van der Waals surface area contributed by atoms with Gasteiger partial charge in [0.2, 0.25) is 15.9 Å². The molecule has 7 heteroatoms. The first-order valence-corrected chi connectivity index (χ1v) is 9.00. The fourth-order valence-corrected chi connectivity index (χ4v) is 4.29. The average molecular weight is 325 g/mol. The van der Waals surface area contributed by atoms with Crippen LogP contribution in [0.4, 0.5) is 0 Å². The summed E-state index contributed by atoms with van der Waals surface area (Å²) in [6.07, 6.45) is 2.10. The van der Waals surface area contributed by atoms with Gasteiger partial charge in [-0.2, -0.15) is 4.31 Å². The van der Waals surface area contributed by atoms with Crippen molar-refractivity contribution >= 4 is 15.9 Å². The van der Waals surface area contributed by atoms with Crippen molar-refractivity contribution in [2.24, 2.45) is 0 Å². The number of hydrogen-bond donors (Lipinski definition) is 2. The number of rotatable bonds is 7. The van der Waals surface area contributed by atoms with Crippen molar-refractivity contribution < 1.29 is 13.2 Å². The Bertz CT molecular complexity index is 589. The van der Waals surface area contributed by atoms with E-state index < -0.39 is 16.1 Å². The third kappa shape index (κ3) is 3.85. The maximum absolute atomic E-state index is 12.7. The number of amides is 1. The van der Waals surface area contributed by atoms with Crippen LogP contribution in [0, 0.1) is 0 Å². The van der Waals surface area contributed by atoms with Gasteiger partial charge in [-0.1, -0.05) is 18.2 Å². The summed E-state index contributed by atoms with van der Waals surface area (Å²) in [6.45, 7) is 1.76. The normalized spacial score (nSPS) is 19.2. The summed E-state index contributed by atoms with van der Waals surface area (Å²) in [5.41, 5.74) is 0. The molecule has 1 fully saturated rings. The Morgan fingerprint density at radius 3 is 2.68 bits per heavy atom. The third-order valence-electron chi connectivity index (χ3n) is 3.76. The average Bonchev–Trinajstić information content (AvgIpc) is 3.03. The van der Waals surface area contributed by atoms with Crippen LogP contribution in [0.2, 0.25) is 0 Å². The minimum Gasteiger partial charge on any atom is -0.355 e. The van der Waals surface area contributed by atoms with E-state index in [1.54, 1.807) is 30.3 Å². The summed E-state index contributed by atoms with van der Waals surface area (Å²) in [6, 6.07) is 7.69. The van der Waals surface area contributed by atoms with Crippen LogP contribution in [0.5, 0.6) is 0 Å². The van der Waals surface area contributed by atoms with E-state index in [2.05, 4.69) is 10.6 Å². The Morgan fingerprint density at radius 2 is 2.00 bits per heavy atom. The highest BCUT2D eigenvalue weighted by atomic mass is 32.2. The van der Waals surface area contributed by atoms with E-state index in [0.29, 0.717) is 25.9 Å². The van der Waals surface area contributed by atoms with Gasteiger partial charge >= 0.3 is 0 Å². The van der Waals surface area contributed by atoms with Gasteiger partial charge in [-0.3, -0.25) is 4.79 Å². The summed E-state index contributed by atoms with van der Waals surface area (Å²) < 4.78 is 26.7. The zero-order valence-electron chi connectivity index (χ0n) is 12.8. The molecule has 1 heterocycles. The molecule has 2 N–H and O–H groups in total. The molecular weight excluding hydrogens is 302 g/mol. The van der Waals surface area contributed by atoms with Gasteiger partial charge in [0.25, 0.3) is 0 Å². The standard InChI is InChI=1S/C15H23N3O3S/c1-16-10-6-11-17-15(19)14-9-5-12-18(14)22(20,21)13-7-3-2-4-8-13/h2-4,7-8,14,16H,5-6,9-12H2,1H3,(H,17,19). The van der Waals surface area contributed by atoms with Gasteiger partial charge in [0.15, 0.2) is 0 Å². The summed E-state index contributed by atoms with van der Waals surface area (Å²) in [5.74, 6) is -0.201. The molecule has 1 amide bonds. The van der Waals surface area contributed by atoms with Crippen LogP contribution in [0.25, 0.3) is 0 Å². The molecule has 1 aliphatic rings. The van der Waals surface area contributed by atoms with E-state index in [0.717, 1.165) is 13.0 Å². The Labute approximate surface area is 131 Å². The quantitative estimate of drug-likeness (QED) is 0.718. The molecule has 0 bridgehead atoms. The largest absolute Gasteiger partial charge is 0.355 e. The first-order valence-electron chi connectivity index (χ1n) is 7.56. The highest BCUT2D eigenvalue weighted by Gasteiger charge is 2.39. The fourth-order valence-electron chi connectivity index (χ4n) is 2.61. The van der Waals surface area contributed by atoms with E-state index in [9.17, 15) is 13.2 Å². The number of carbonyl (C=O) groups is 1. The SMILES string of the molecule is CNCCCNC(=O)C1CCCN1S(=O)(=O)c1ccccc1. The van der Waals surface area contributed by atoms with Crippen molar-refractivity contribution in [1.29, 1.82) is 0 Å². The number of nitrogens with one attached hydrogen (secondary N) is 2. The molecule has 0 aliphatic carbocycles. The van der Waals surface area contributed by atoms with E-state index in [4.69, 9.17) is 0 Å². The van der Waals surface area contributed by atoms with Gasteiger partial charge in [0, 0.05) is 13.1 Å². The Hall–Kier alpha value is -1.44. The topological polar surface area (TPSA) is 78.5 Å². The number of benzene rings is 1. The number of hydrogen-bond acceptors (Lipinski definition) is 4. The molecule has 0 saturated carbocycles. The Kier molecular flexibility index (Phi) is 5.93. The van der Waals surface area contributed by atoms with Crippen LogP contribution in [0.15, 0.2) is 35.2 Å². The predicted molar refractivity (Wildman–Crippen MR) is 84.9 cm³/mol. The highest BCUT2D eigenvalue weighted by molar-refractivity contribution is 7.89. The fraction of sp³-hybridized carbons (Fsp3) is 0.533. The molecule has 2 rings (SSSR count). The molecule has 1 aromatic carbocycles. The molecular formula is C15H23N3O3S. The maximum Gasteiger partial charge on any atom is 0.243 e. The van der Waals surface area contributed by atoms with Crippen LogP contribution in [0.3, 0.4) is 0 Å². The molecule has 0 spiro atoms. The molecule has 1 aliphatic heterocycles. The molecule has 122 valence electrons. The third-order valence-corrected chi connectivity index (χ3v) is 5.68. The van der Waals surface area contributed by atoms with Crippen molar-refractivity contribution in [2.45, 2.75) is 30.2 Å². The molecule has 1 unspecified atom stereocenters. The predicted octanol–water partition coefficient (Wildman–Crippen LogP) is 0.565. The van der Waals surface area contributed by atoms with E-state index in [1.807, 2.05) is 7.05 Å². The van der Waals surface area contributed by atoms with Gasteiger partial charge in [0.05, 0.1) is 4.90 Å². The monoisotopic (exact) mass is 325 g/mol. The molecule has 0 radical (unpaired) electrons. The summed E-state index contributed by atoms with van der Waals surface area (Å²) in [4.78, 5) is 12.5. The smallest absolute Gasteiger partial charge is 0.243 e. The van der Waals surface area contributed by atoms with Gasteiger partial charge < -0.3 is 10.6 Å². The van der Waals surface area contributed by atoms with Crippen LogP contribution < -0.4 is 10.6 Å². The molecule has 22 heavy (non-hydrogen) atoms. The molecule has 1 atom stereocenters. The van der Waals surface area contributed by atoms with E-state index in [1.165, 1.54) is 4.31 Å². The van der Waals surface area contributed by atoms with Crippen molar-refractivity contribution in [3.8, 4) is 0 Å². The number of carbonyl (C=O) groups excluding carboxylic acids is 1. The van der Waals surface area contributed by atoms with Gasteiger partial charge in [0.1, 0.15) is 6.04 Å². The van der Waals surface area contributed by atoms with Crippen LogP contribution in [-0.2, 0) is 14.8 Å². The highest BCUT2D eigenvalue weighted by Crippen LogP contribution is 2.26. The van der Waals surface area contributed by atoms with E-state index >= 15 is 0 Å². The lowest BCUT2D eigenvalue weighted by Gasteiger charge is -2.23. The zero-order chi connectivity index (χ0) is 16.0. The molecule has 1 aromatic rings. The van der Waals surface area contributed by atoms with Crippen molar-refractivity contribution in [3.63, 3.8) is 0 Å². The lowest BCUT2D eigenvalue weighted by Crippen LogP contribution is -2.46. The van der Waals surface area contributed by atoms with Crippen molar-refractivity contribution in [3.05, 3.63) is 30.3 Å². The second kappa shape index (κ2) is 7.71. The maximum atomic E-state index is 12.7. The van der Waals surface area contributed by atoms with Crippen molar-refractivity contribution in [2.75, 3.05) is 26.7 Å². The summed E-state index contributed by atoms with van der Waals surface area (Å²) >= 11 is 0. The van der Waals surface area contributed by atoms with Crippen molar-refractivity contribution in [1.82, 2.24) is 14.9 Å². The summed E-state index contributed by atoms with van der Waals surface area (Å²) in [7, 11) is -1.75. The van der Waals surface area contributed by atoms with E-state index in [-0.39, 0.29) is 10.8 Å². The molecule has 1 saturated heterocycles. The molecule has 6 nitrogen and oxygen atoms in total. The van der Waals surface area contributed by atoms with Crippen LogP contribution >= 0.6 is 0 Å². The first-order chi connectivity index (χ1) is 10.6. The minimum absolute atomic E-state index is 0.201. The minimum atomic E-state index is -3.61. The number of nitrogens with zero attached hydrogens (tertiary/aromatic N) is 1. The second-order valence-electron chi connectivity index (χ2n) is 5.33. The lowest BCUT2D eigenvalue weighted by atomic mass is 10.2. The molecule has 0 aromatic heterocycles. The second-order valence-corrected chi connectivity index (χ2v) is 7.23. The van der Waals surface area contributed by atoms with Crippen LogP contribution in [0.1, 0.15) is 19.3 Å². The first kappa shape index (κ1) is 16.9. The van der Waals surface area contributed by atoms with Gasteiger partial charge in [-0.25, -0.2) is 8.42 Å². The Morgan fingerprint density at radius 1 is 1.27 bits per heavy atom. The lowest BCUT2D eigenvalue weighted by molar-refractivity contribution is -0.124. The van der Waals surface area contributed by atoms with Gasteiger partial charge in [-0.05, 0) is 45.0 Å². The van der Waals surface area contributed by atoms with Crippen LogP contribution in [-0.4, -0.2) is 51.4 Å². The summed E-state index contributed by atoms with van der Waals surface area (Å²) in [5, 5.41) is 5.84. The number of sulfonamides is 1. The Balaban J connectivity index is 2.05. The zero-order valence-corrected chi connectivity index (χ0v) is 13.6. The van der Waals surface area contributed by atoms with Gasteiger partial charge in [-0.15, -0.1) is 0 Å².